The van der Waals surface area contributed by atoms with Crippen molar-refractivity contribution in [2.75, 3.05) is 24.6 Å². The van der Waals surface area contributed by atoms with E-state index in [0.717, 1.165) is 4.90 Å². The maximum Gasteiger partial charge on any atom is 0.405 e. The predicted octanol–water partition coefficient (Wildman–Crippen LogP) is 0.935. The Morgan fingerprint density at radius 1 is 1.29 bits per heavy atom. The van der Waals surface area contributed by atoms with Crippen molar-refractivity contribution in [3.8, 4) is 0 Å². The van der Waals surface area contributed by atoms with Crippen molar-refractivity contribution in [2.24, 2.45) is 0 Å². The van der Waals surface area contributed by atoms with Crippen LogP contribution in [0.25, 0.3) is 0 Å². The number of alkyl halides is 3. The Hall–Kier alpha value is -1.34. The summed E-state index contributed by atoms with van der Waals surface area (Å²) in [6.45, 7) is -2.00. The minimum atomic E-state index is -4.35. The highest BCUT2D eigenvalue weighted by atomic mass is 19.4. The predicted molar refractivity (Wildman–Crippen MR) is 55.5 cm³/mol. The highest BCUT2D eigenvalue weighted by Gasteiger charge is 2.30. The van der Waals surface area contributed by atoms with E-state index in [1.807, 2.05) is 0 Å². The summed E-state index contributed by atoms with van der Waals surface area (Å²) in [4.78, 5) is 4.76. The summed E-state index contributed by atoms with van der Waals surface area (Å²) < 4.78 is 36.9. The van der Waals surface area contributed by atoms with Crippen LogP contribution in [-0.4, -0.2) is 41.1 Å². The van der Waals surface area contributed by atoms with Gasteiger partial charge in [-0.05, 0) is 12.1 Å². The largest absolute Gasteiger partial charge is 0.405 e. The van der Waals surface area contributed by atoms with E-state index >= 15 is 0 Å². The van der Waals surface area contributed by atoms with Gasteiger partial charge in [-0.2, -0.15) is 13.2 Å². The summed E-state index contributed by atoms with van der Waals surface area (Å²) in [6.07, 6.45) is -3.03. The first-order valence-corrected chi connectivity index (χ1v) is 4.94. The molecule has 0 aliphatic rings. The summed E-state index contributed by atoms with van der Waals surface area (Å²) in [5, 5.41) is 17.6. The molecule has 0 saturated carbocycles. The fraction of sp³-hybridized carbons (Fsp3) is 0.500. The maximum absolute atomic E-state index is 12.3. The molecule has 0 unspecified atom stereocenters. The van der Waals surface area contributed by atoms with E-state index in [0.29, 0.717) is 0 Å². The lowest BCUT2D eigenvalue weighted by Crippen LogP contribution is -2.36. The van der Waals surface area contributed by atoms with Gasteiger partial charge in [0.2, 0.25) is 0 Å². The lowest BCUT2D eigenvalue weighted by molar-refractivity contribution is -0.119. The van der Waals surface area contributed by atoms with Crippen LogP contribution in [0.15, 0.2) is 18.3 Å². The Balaban J connectivity index is 2.88. The van der Waals surface area contributed by atoms with Gasteiger partial charge in [-0.15, -0.1) is 0 Å². The number of halogens is 3. The highest BCUT2D eigenvalue weighted by Crippen LogP contribution is 2.22. The Morgan fingerprint density at radius 3 is 2.53 bits per heavy atom. The molecule has 1 rings (SSSR count). The number of hydrogen-bond acceptors (Lipinski definition) is 4. The third-order valence-corrected chi connectivity index (χ3v) is 2.07. The molecule has 1 aromatic heterocycles. The Morgan fingerprint density at radius 2 is 2.00 bits per heavy atom. The number of aliphatic hydroxyl groups excluding tert-OH is 2. The number of aromatic nitrogens is 1. The van der Waals surface area contributed by atoms with Gasteiger partial charge in [0.25, 0.3) is 0 Å². The van der Waals surface area contributed by atoms with Crippen molar-refractivity contribution >= 4 is 5.69 Å². The number of hydrogen-bond donors (Lipinski definition) is 2. The van der Waals surface area contributed by atoms with Crippen LogP contribution < -0.4 is 4.90 Å². The van der Waals surface area contributed by atoms with Gasteiger partial charge >= 0.3 is 6.18 Å². The summed E-state index contributed by atoms with van der Waals surface area (Å²) in [7, 11) is 0. The molecule has 0 radical (unpaired) electrons. The van der Waals surface area contributed by atoms with Crippen LogP contribution in [0.5, 0.6) is 0 Å². The normalized spacial score (nSPS) is 11.6. The molecule has 2 N–H and O–H groups in total. The minimum Gasteiger partial charge on any atom is -0.395 e. The van der Waals surface area contributed by atoms with E-state index in [1.165, 1.54) is 18.3 Å². The molecular weight excluding hydrogens is 237 g/mol. The summed E-state index contributed by atoms with van der Waals surface area (Å²) in [6, 6.07) is 2.77. The van der Waals surface area contributed by atoms with Crippen LogP contribution in [0.2, 0.25) is 0 Å². The maximum atomic E-state index is 12.3. The van der Waals surface area contributed by atoms with Gasteiger partial charge in [-0.25, -0.2) is 0 Å². The van der Waals surface area contributed by atoms with Crippen molar-refractivity contribution in [3.05, 3.63) is 24.0 Å². The second-order valence-corrected chi connectivity index (χ2v) is 3.42. The molecule has 0 atom stereocenters. The molecular formula is C10H13F3N2O2. The van der Waals surface area contributed by atoms with Crippen molar-refractivity contribution < 1.29 is 23.4 Å². The zero-order valence-electron chi connectivity index (χ0n) is 8.98. The van der Waals surface area contributed by atoms with Gasteiger partial charge in [0.15, 0.2) is 0 Å². The van der Waals surface area contributed by atoms with Gasteiger partial charge in [0.1, 0.15) is 6.54 Å². The lowest BCUT2D eigenvalue weighted by atomic mass is 10.3. The van der Waals surface area contributed by atoms with Crippen LogP contribution in [0.1, 0.15) is 5.69 Å². The average Bonchev–Trinajstić information content (AvgIpc) is 2.27. The number of aliphatic hydroxyl groups is 2. The third-order valence-electron chi connectivity index (χ3n) is 2.07. The van der Waals surface area contributed by atoms with Crippen LogP contribution >= 0.6 is 0 Å². The third kappa shape index (κ3) is 4.58. The zero-order chi connectivity index (χ0) is 12.9. The van der Waals surface area contributed by atoms with Gasteiger partial charge in [-0.1, -0.05) is 0 Å². The second kappa shape index (κ2) is 5.83. The fourth-order valence-electron chi connectivity index (χ4n) is 1.39. The smallest absolute Gasteiger partial charge is 0.395 e. The minimum absolute atomic E-state index is 0.131. The van der Waals surface area contributed by atoms with Crippen LogP contribution in [0, 0.1) is 0 Å². The van der Waals surface area contributed by atoms with E-state index in [9.17, 15) is 13.2 Å². The molecule has 1 aromatic rings. The quantitative estimate of drug-likeness (QED) is 0.816. The van der Waals surface area contributed by atoms with Crippen LogP contribution in [0.4, 0.5) is 18.9 Å². The molecule has 1 heterocycles. The summed E-state index contributed by atoms with van der Waals surface area (Å²) in [5.41, 5.74) is 0.558. The van der Waals surface area contributed by atoms with Crippen molar-refractivity contribution in [1.82, 2.24) is 4.98 Å². The molecule has 0 bridgehead atoms. The topological polar surface area (TPSA) is 56.6 Å². The molecule has 0 amide bonds. The van der Waals surface area contributed by atoms with Crippen molar-refractivity contribution in [3.63, 3.8) is 0 Å². The molecule has 0 aliphatic carbocycles. The Labute approximate surface area is 96.3 Å². The first-order chi connectivity index (χ1) is 7.96. The van der Waals surface area contributed by atoms with Gasteiger partial charge < -0.3 is 15.1 Å². The molecule has 0 aromatic carbocycles. The van der Waals surface area contributed by atoms with E-state index in [1.54, 1.807) is 0 Å². The summed E-state index contributed by atoms with van der Waals surface area (Å²) in [5.74, 6) is 0. The van der Waals surface area contributed by atoms with Gasteiger partial charge in [0.05, 0.1) is 18.9 Å². The number of pyridine rings is 1. The molecule has 17 heavy (non-hydrogen) atoms. The number of nitrogens with zero attached hydrogens (tertiary/aromatic N) is 2. The molecule has 0 fully saturated rings. The molecule has 96 valence electrons. The zero-order valence-corrected chi connectivity index (χ0v) is 8.98. The first kappa shape index (κ1) is 13.7. The van der Waals surface area contributed by atoms with E-state index < -0.39 is 12.7 Å². The Bertz CT molecular complexity index is 358. The first-order valence-electron chi connectivity index (χ1n) is 4.94. The van der Waals surface area contributed by atoms with Crippen molar-refractivity contribution in [1.29, 1.82) is 0 Å². The van der Waals surface area contributed by atoms with E-state index in [-0.39, 0.29) is 31.1 Å². The lowest BCUT2D eigenvalue weighted by Gasteiger charge is -2.25. The molecule has 0 aliphatic heterocycles. The molecule has 0 saturated heterocycles. The standard InChI is InChI=1S/C10H13F3N2O2/c11-10(12,13)7-15(3-4-16)9-1-2-14-8(5-9)6-17/h1-2,5,16-17H,3-4,6-7H2. The van der Waals surface area contributed by atoms with Crippen LogP contribution in [-0.2, 0) is 6.61 Å². The molecule has 7 heteroatoms. The molecule has 4 nitrogen and oxygen atoms in total. The monoisotopic (exact) mass is 250 g/mol. The summed E-state index contributed by atoms with van der Waals surface area (Å²) >= 11 is 0. The SMILES string of the molecule is OCCN(CC(F)(F)F)c1ccnc(CO)c1. The van der Waals surface area contributed by atoms with E-state index in [4.69, 9.17) is 10.2 Å². The van der Waals surface area contributed by atoms with Crippen LogP contribution in [0.3, 0.4) is 0 Å². The van der Waals surface area contributed by atoms with Gasteiger partial charge in [0, 0.05) is 18.4 Å². The molecule has 0 spiro atoms. The van der Waals surface area contributed by atoms with Crippen molar-refractivity contribution in [2.45, 2.75) is 12.8 Å². The second-order valence-electron chi connectivity index (χ2n) is 3.42. The number of anilines is 1. The van der Waals surface area contributed by atoms with Gasteiger partial charge in [-0.3, -0.25) is 4.98 Å². The average molecular weight is 250 g/mol. The Kier molecular flexibility index (Phi) is 4.71. The highest BCUT2D eigenvalue weighted by molar-refractivity contribution is 5.46. The number of rotatable bonds is 5. The van der Waals surface area contributed by atoms with E-state index in [2.05, 4.69) is 4.98 Å². The fourth-order valence-corrected chi connectivity index (χ4v) is 1.39.